The number of esters is 1. The van der Waals surface area contributed by atoms with E-state index in [1.165, 1.54) is 23.7 Å². The van der Waals surface area contributed by atoms with Crippen LogP contribution >= 0.6 is 11.3 Å². The minimum atomic E-state index is -1.61. The van der Waals surface area contributed by atoms with Crippen molar-refractivity contribution in [2.24, 2.45) is 28.6 Å². The third-order valence-electron chi connectivity index (χ3n) is 11.3. The van der Waals surface area contributed by atoms with Gasteiger partial charge in [-0.2, -0.15) is 0 Å². The van der Waals surface area contributed by atoms with E-state index < -0.39 is 41.1 Å². The smallest absolute Gasteiger partial charge is 0.375 e. The van der Waals surface area contributed by atoms with Crippen molar-refractivity contribution in [2.75, 3.05) is 0 Å². The summed E-state index contributed by atoms with van der Waals surface area (Å²) in [4.78, 5) is 58.1. The molecule has 2 aromatic heterocycles. The van der Waals surface area contributed by atoms with Crippen molar-refractivity contribution >= 4 is 44.9 Å². The van der Waals surface area contributed by atoms with Crippen molar-refractivity contribution in [2.45, 2.75) is 76.9 Å². The Labute approximate surface area is 253 Å². The van der Waals surface area contributed by atoms with Gasteiger partial charge >= 0.3 is 5.97 Å². The van der Waals surface area contributed by atoms with E-state index in [0.717, 1.165) is 23.1 Å². The van der Waals surface area contributed by atoms with Crippen LogP contribution in [-0.2, 0) is 14.3 Å². The van der Waals surface area contributed by atoms with Crippen LogP contribution in [0.5, 0.6) is 0 Å². The molecule has 1 aromatic carbocycles. The molecule has 0 spiro atoms. The first kappa shape index (κ1) is 28.3. The molecule has 43 heavy (non-hydrogen) atoms. The Morgan fingerprint density at radius 2 is 1.91 bits per heavy atom. The van der Waals surface area contributed by atoms with Crippen molar-refractivity contribution in [3.05, 3.63) is 65.1 Å². The molecule has 0 aliphatic heterocycles. The zero-order valence-corrected chi connectivity index (χ0v) is 25.2. The minimum absolute atomic E-state index is 0.0113. The van der Waals surface area contributed by atoms with Gasteiger partial charge in [0.2, 0.25) is 5.76 Å². The zero-order valence-electron chi connectivity index (χ0n) is 24.3. The number of hydrogen-bond acceptors (Lipinski definition) is 9. The van der Waals surface area contributed by atoms with E-state index in [9.17, 15) is 24.3 Å². The normalized spacial score (nSPS) is 35.0. The number of nitrogens with zero attached hydrogens (tertiary/aromatic N) is 1. The molecular weight excluding hydrogens is 566 g/mol. The molecule has 0 bridgehead atoms. The SMILES string of the molecule is CC12CCC(=O)C=C1CCC1C2C(O)CC2(C)C1CC[C@]2(OC(=O)c1ccco1)C(=O)CC(=O)c1nc2ccccc2s1. The van der Waals surface area contributed by atoms with Gasteiger partial charge in [-0.15, -0.1) is 11.3 Å². The first-order chi connectivity index (χ1) is 20.6. The van der Waals surface area contributed by atoms with E-state index in [-0.39, 0.29) is 52.6 Å². The van der Waals surface area contributed by atoms with Crippen molar-refractivity contribution in [3.8, 4) is 0 Å². The largest absolute Gasteiger partial charge is 0.457 e. The van der Waals surface area contributed by atoms with E-state index in [0.29, 0.717) is 24.8 Å². The second-order valence-corrected chi connectivity index (χ2v) is 14.4. The highest BCUT2D eigenvalue weighted by molar-refractivity contribution is 7.20. The van der Waals surface area contributed by atoms with E-state index in [1.807, 2.05) is 31.2 Å². The number of aliphatic hydroxyl groups is 1. The number of ether oxygens (including phenoxy) is 1. The van der Waals surface area contributed by atoms with Crippen LogP contribution in [0.1, 0.15) is 85.6 Å². The second kappa shape index (κ2) is 10.1. The second-order valence-electron chi connectivity index (χ2n) is 13.3. The Balaban J connectivity index is 1.25. The summed E-state index contributed by atoms with van der Waals surface area (Å²) in [6.45, 7) is 4.13. The molecule has 0 saturated heterocycles. The topological polar surface area (TPSA) is 124 Å². The van der Waals surface area contributed by atoms with Gasteiger partial charge in [0, 0.05) is 11.8 Å². The maximum Gasteiger partial charge on any atom is 0.375 e. The van der Waals surface area contributed by atoms with Crippen LogP contribution in [0.15, 0.2) is 58.7 Å². The minimum Gasteiger partial charge on any atom is -0.457 e. The number of fused-ring (bicyclic) bond motifs is 6. The van der Waals surface area contributed by atoms with Gasteiger partial charge in [-0.05, 0) is 92.0 Å². The number of carbonyl (C=O) groups excluding carboxylic acids is 4. The predicted octanol–water partition coefficient (Wildman–Crippen LogP) is 6.13. The number of Topliss-reactive ketones (excluding diaryl/α,β-unsaturated/α-hetero) is 2. The highest BCUT2D eigenvalue weighted by Gasteiger charge is 2.70. The van der Waals surface area contributed by atoms with E-state index in [1.54, 1.807) is 12.1 Å². The van der Waals surface area contributed by atoms with Crippen LogP contribution in [0.3, 0.4) is 0 Å². The lowest BCUT2D eigenvalue weighted by Crippen LogP contribution is -2.63. The number of thiazole rings is 1. The Hall–Kier alpha value is -3.43. The number of benzene rings is 1. The van der Waals surface area contributed by atoms with Crippen molar-refractivity contribution in [1.29, 1.82) is 0 Å². The van der Waals surface area contributed by atoms with E-state index in [4.69, 9.17) is 9.15 Å². The van der Waals surface area contributed by atoms with Crippen molar-refractivity contribution in [3.63, 3.8) is 0 Å². The van der Waals surface area contributed by atoms with Crippen molar-refractivity contribution < 1.29 is 33.4 Å². The molecule has 224 valence electrons. The first-order valence-electron chi connectivity index (χ1n) is 15.2. The van der Waals surface area contributed by atoms with Gasteiger partial charge in [-0.3, -0.25) is 14.4 Å². The molecule has 7 rings (SSSR count). The fraction of sp³-hybridized carbons (Fsp3) is 0.500. The fourth-order valence-corrected chi connectivity index (χ4v) is 10.2. The third-order valence-corrected chi connectivity index (χ3v) is 12.4. The maximum atomic E-state index is 14.4. The van der Waals surface area contributed by atoms with Crippen LogP contribution in [0.2, 0.25) is 0 Å². The van der Waals surface area contributed by atoms with E-state index in [2.05, 4.69) is 11.9 Å². The van der Waals surface area contributed by atoms with Gasteiger partial charge in [-0.1, -0.05) is 31.6 Å². The van der Waals surface area contributed by atoms with Gasteiger partial charge in [0.1, 0.15) is 0 Å². The summed E-state index contributed by atoms with van der Waals surface area (Å²) < 4.78 is 12.4. The predicted molar refractivity (Wildman–Crippen MR) is 159 cm³/mol. The summed E-state index contributed by atoms with van der Waals surface area (Å²) in [5.74, 6) is -1.48. The molecule has 0 radical (unpaired) electrons. The van der Waals surface area contributed by atoms with Crippen LogP contribution in [0, 0.1) is 28.6 Å². The number of rotatable bonds is 6. The number of carbonyl (C=O) groups is 4. The molecule has 3 saturated carbocycles. The zero-order chi connectivity index (χ0) is 30.1. The quantitative estimate of drug-likeness (QED) is 0.203. The first-order valence-corrected chi connectivity index (χ1v) is 16.0. The average molecular weight is 602 g/mol. The number of para-hydroxylation sites is 1. The Kier molecular flexibility index (Phi) is 6.63. The summed E-state index contributed by atoms with van der Waals surface area (Å²) in [6, 6.07) is 10.5. The Morgan fingerprint density at radius 3 is 2.67 bits per heavy atom. The van der Waals surface area contributed by atoms with E-state index >= 15 is 0 Å². The molecule has 0 amide bonds. The maximum absolute atomic E-state index is 14.4. The lowest BCUT2D eigenvalue weighted by atomic mass is 9.45. The number of aliphatic hydroxyl groups excluding tert-OH is 1. The molecular formula is C34H35NO7S. The lowest BCUT2D eigenvalue weighted by Gasteiger charge is -2.60. The van der Waals surface area contributed by atoms with Gasteiger partial charge in [0.05, 0.1) is 29.0 Å². The van der Waals surface area contributed by atoms with Crippen LogP contribution in [0.25, 0.3) is 10.2 Å². The van der Waals surface area contributed by atoms with Gasteiger partial charge in [0.25, 0.3) is 0 Å². The summed E-state index contributed by atoms with van der Waals surface area (Å²) >= 11 is 1.24. The lowest BCUT2D eigenvalue weighted by molar-refractivity contribution is -0.181. The van der Waals surface area contributed by atoms with Gasteiger partial charge < -0.3 is 14.3 Å². The summed E-state index contributed by atoms with van der Waals surface area (Å²) in [7, 11) is 0. The summed E-state index contributed by atoms with van der Waals surface area (Å²) in [5.41, 5.74) is -0.984. The molecule has 3 aromatic rings. The molecule has 9 heteroatoms. The number of ketones is 3. The monoisotopic (exact) mass is 601 g/mol. The number of hydrogen-bond donors (Lipinski definition) is 1. The van der Waals surface area contributed by atoms with Gasteiger partial charge in [0.15, 0.2) is 28.0 Å². The van der Waals surface area contributed by atoms with Gasteiger partial charge in [-0.25, -0.2) is 9.78 Å². The Bertz CT molecular complexity index is 1640. The number of allylic oxidation sites excluding steroid dienone is 1. The summed E-state index contributed by atoms with van der Waals surface area (Å²) in [6.07, 6.45) is 5.82. The highest BCUT2D eigenvalue weighted by Crippen LogP contribution is 2.68. The van der Waals surface area contributed by atoms with Crippen LogP contribution < -0.4 is 0 Å². The fourth-order valence-electron chi connectivity index (χ4n) is 9.32. The van der Waals surface area contributed by atoms with Crippen LogP contribution in [-0.4, -0.2) is 45.1 Å². The highest BCUT2D eigenvalue weighted by atomic mass is 32.1. The molecule has 2 heterocycles. The molecule has 6 unspecified atom stereocenters. The average Bonchev–Trinajstić information content (AvgIpc) is 3.72. The number of aromatic nitrogens is 1. The molecule has 7 atom stereocenters. The standard InChI is InChI=1S/C34H35NO7S/c1-32-13-11-20(36)16-19(32)9-10-21-22-12-14-34(33(22,2)18-25(38)29(21)32,42-31(40)26-7-5-15-41-26)28(39)17-24(37)30-35-23-6-3-4-8-27(23)43-30/h3-8,15-16,21-22,25,29,38H,9-14,17-18H2,1-2H3/t21?,22?,25?,29?,32?,33?,34-/m0/s1. The van der Waals surface area contributed by atoms with Crippen molar-refractivity contribution in [1.82, 2.24) is 4.98 Å². The Morgan fingerprint density at radius 1 is 1.09 bits per heavy atom. The molecule has 3 fully saturated rings. The summed E-state index contributed by atoms with van der Waals surface area (Å²) in [5, 5.41) is 12.1. The molecule has 8 nitrogen and oxygen atoms in total. The molecule has 1 N–H and O–H groups in total. The number of furan rings is 1. The van der Waals surface area contributed by atoms with Crippen LogP contribution in [0.4, 0.5) is 0 Å². The molecule has 4 aliphatic carbocycles. The third kappa shape index (κ3) is 4.22. The molecule has 4 aliphatic rings.